The Hall–Kier alpha value is -2.71. The summed E-state index contributed by atoms with van der Waals surface area (Å²) in [5, 5.41) is 16.6. The summed E-state index contributed by atoms with van der Waals surface area (Å²) in [6.45, 7) is 1.77. The predicted molar refractivity (Wildman–Crippen MR) is 67.5 cm³/mol. The van der Waals surface area contributed by atoms with Crippen molar-refractivity contribution in [2.75, 3.05) is 0 Å². The molecule has 3 N–H and O–H groups in total. The minimum absolute atomic E-state index is 0.137. The Balaban J connectivity index is 2.51. The summed E-state index contributed by atoms with van der Waals surface area (Å²) in [4.78, 5) is 26.4. The fourth-order valence-corrected chi connectivity index (χ4v) is 1.75. The summed E-state index contributed by atoms with van der Waals surface area (Å²) in [6, 6.07) is 0. The highest BCUT2D eigenvalue weighted by atomic mass is 16.4. The van der Waals surface area contributed by atoms with Crippen molar-refractivity contribution in [1.82, 2.24) is 24.5 Å². The minimum atomic E-state index is -1.21. The molecule has 0 spiro atoms. The number of aromatic carboxylic acids is 1. The number of primary amides is 1. The number of nitrogens with zero attached hydrogens (tertiary/aromatic N) is 5. The number of rotatable bonds is 5. The first-order valence-electron chi connectivity index (χ1n) is 5.85. The smallest absolute Gasteiger partial charge is 0.358 e. The SMILES string of the molecule is CC(Cn1nnc(C(=O)O)c1-c1nccn1C)C(N)=O. The number of carboxylic acid groups (broad SMARTS) is 1. The zero-order chi connectivity index (χ0) is 14.9. The second-order valence-electron chi connectivity index (χ2n) is 4.44. The number of hydrogen-bond donors (Lipinski definition) is 2. The number of carbonyl (C=O) groups is 2. The van der Waals surface area contributed by atoms with Gasteiger partial charge in [-0.2, -0.15) is 0 Å². The van der Waals surface area contributed by atoms with E-state index < -0.39 is 17.8 Å². The quantitative estimate of drug-likeness (QED) is 0.758. The summed E-state index contributed by atoms with van der Waals surface area (Å²) in [6.07, 6.45) is 3.21. The van der Waals surface area contributed by atoms with Gasteiger partial charge in [-0.3, -0.25) is 4.79 Å². The van der Waals surface area contributed by atoms with Crippen LogP contribution in [0.4, 0.5) is 0 Å². The zero-order valence-corrected chi connectivity index (χ0v) is 11.0. The number of carbonyl (C=O) groups excluding carboxylic acids is 1. The topological polar surface area (TPSA) is 129 Å². The highest BCUT2D eigenvalue weighted by molar-refractivity contribution is 5.91. The van der Waals surface area contributed by atoms with E-state index in [0.717, 1.165) is 0 Å². The van der Waals surface area contributed by atoms with Crippen LogP contribution >= 0.6 is 0 Å². The van der Waals surface area contributed by atoms with Crippen LogP contribution in [0.3, 0.4) is 0 Å². The van der Waals surface area contributed by atoms with Crippen molar-refractivity contribution < 1.29 is 14.7 Å². The van der Waals surface area contributed by atoms with E-state index in [1.165, 1.54) is 10.9 Å². The van der Waals surface area contributed by atoms with Crippen LogP contribution in [-0.4, -0.2) is 41.5 Å². The standard InChI is InChI=1S/C11H14N6O3/c1-6(9(12)18)5-17-8(7(11(19)20)14-15-17)10-13-3-4-16(10)2/h3-4,6H,5H2,1-2H3,(H2,12,18)(H,19,20). The molecule has 0 aromatic carbocycles. The molecule has 2 rings (SSSR count). The maximum atomic E-state index is 11.2. The third-order valence-corrected chi connectivity index (χ3v) is 2.90. The lowest BCUT2D eigenvalue weighted by atomic mass is 10.1. The number of aryl methyl sites for hydroxylation is 1. The maximum Gasteiger partial charge on any atom is 0.358 e. The second-order valence-corrected chi connectivity index (χ2v) is 4.44. The van der Waals surface area contributed by atoms with Crippen LogP contribution in [0, 0.1) is 5.92 Å². The van der Waals surface area contributed by atoms with Crippen molar-refractivity contribution in [3.63, 3.8) is 0 Å². The van der Waals surface area contributed by atoms with E-state index in [1.807, 2.05) is 0 Å². The molecule has 9 nitrogen and oxygen atoms in total. The molecular formula is C11H14N6O3. The van der Waals surface area contributed by atoms with Gasteiger partial charge in [0.15, 0.2) is 5.82 Å². The molecule has 0 saturated heterocycles. The third-order valence-electron chi connectivity index (χ3n) is 2.90. The normalized spacial score (nSPS) is 12.3. The minimum Gasteiger partial charge on any atom is -0.476 e. The number of aromatic nitrogens is 5. The average Bonchev–Trinajstić information content (AvgIpc) is 2.95. The number of hydrogen-bond acceptors (Lipinski definition) is 5. The summed E-state index contributed by atoms with van der Waals surface area (Å²) in [5.41, 5.74) is 5.25. The van der Waals surface area contributed by atoms with Gasteiger partial charge in [0.25, 0.3) is 0 Å². The number of imidazole rings is 1. The Kier molecular flexibility index (Phi) is 3.51. The highest BCUT2D eigenvalue weighted by Crippen LogP contribution is 2.21. The van der Waals surface area contributed by atoms with Crippen molar-refractivity contribution >= 4 is 11.9 Å². The Bertz CT molecular complexity index is 659. The van der Waals surface area contributed by atoms with Gasteiger partial charge in [0.1, 0.15) is 5.69 Å². The van der Waals surface area contributed by atoms with Crippen molar-refractivity contribution in [3.05, 3.63) is 18.1 Å². The molecule has 1 amide bonds. The van der Waals surface area contributed by atoms with Crippen LogP contribution in [0.5, 0.6) is 0 Å². The fraction of sp³-hybridized carbons (Fsp3) is 0.364. The van der Waals surface area contributed by atoms with Gasteiger partial charge in [0.2, 0.25) is 11.6 Å². The van der Waals surface area contributed by atoms with Gasteiger partial charge in [-0.25, -0.2) is 14.5 Å². The number of amides is 1. The molecule has 0 radical (unpaired) electrons. The van der Waals surface area contributed by atoms with Gasteiger partial charge in [-0.1, -0.05) is 12.1 Å². The Labute approximate surface area is 114 Å². The van der Waals surface area contributed by atoms with E-state index in [-0.39, 0.29) is 17.9 Å². The summed E-state index contributed by atoms with van der Waals surface area (Å²) in [7, 11) is 1.73. The molecule has 20 heavy (non-hydrogen) atoms. The first-order chi connectivity index (χ1) is 9.41. The molecule has 1 unspecified atom stereocenters. The van der Waals surface area contributed by atoms with E-state index in [0.29, 0.717) is 5.82 Å². The molecule has 0 bridgehead atoms. The summed E-state index contributed by atoms with van der Waals surface area (Å²) < 4.78 is 2.98. The van der Waals surface area contributed by atoms with Crippen LogP contribution < -0.4 is 5.73 Å². The highest BCUT2D eigenvalue weighted by Gasteiger charge is 2.25. The lowest BCUT2D eigenvalue weighted by molar-refractivity contribution is -0.121. The van der Waals surface area contributed by atoms with Gasteiger partial charge < -0.3 is 15.4 Å². The maximum absolute atomic E-state index is 11.2. The van der Waals surface area contributed by atoms with Gasteiger partial charge in [-0.15, -0.1) is 5.10 Å². The van der Waals surface area contributed by atoms with Gasteiger partial charge in [0.05, 0.1) is 12.5 Å². The first-order valence-corrected chi connectivity index (χ1v) is 5.85. The third kappa shape index (κ3) is 2.37. The number of carboxylic acids is 1. The number of nitrogens with two attached hydrogens (primary N) is 1. The van der Waals surface area contributed by atoms with E-state index in [1.54, 1.807) is 24.7 Å². The van der Waals surface area contributed by atoms with E-state index in [4.69, 9.17) is 10.8 Å². The van der Waals surface area contributed by atoms with Gasteiger partial charge >= 0.3 is 5.97 Å². The molecule has 1 atom stereocenters. The molecule has 0 aliphatic heterocycles. The fourth-order valence-electron chi connectivity index (χ4n) is 1.75. The van der Waals surface area contributed by atoms with Gasteiger partial charge in [0, 0.05) is 19.4 Å². The monoisotopic (exact) mass is 278 g/mol. The average molecular weight is 278 g/mol. The molecule has 2 aromatic heterocycles. The molecule has 2 heterocycles. The molecule has 0 aliphatic carbocycles. The predicted octanol–water partition coefficient (Wildman–Crippen LogP) is -0.502. The molecule has 2 aromatic rings. The van der Waals surface area contributed by atoms with Crippen LogP contribution in [0.15, 0.2) is 12.4 Å². The largest absolute Gasteiger partial charge is 0.476 e. The molecule has 9 heteroatoms. The molecule has 0 aliphatic rings. The summed E-state index contributed by atoms with van der Waals surface area (Å²) in [5.74, 6) is -1.80. The second kappa shape index (κ2) is 5.11. The summed E-state index contributed by atoms with van der Waals surface area (Å²) >= 11 is 0. The first kappa shape index (κ1) is 13.7. The lowest BCUT2D eigenvalue weighted by Gasteiger charge is -2.10. The Morgan fingerprint density at radius 2 is 2.20 bits per heavy atom. The zero-order valence-electron chi connectivity index (χ0n) is 11.0. The van der Waals surface area contributed by atoms with Crippen molar-refractivity contribution in [1.29, 1.82) is 0 Å². The lowest BCUT2D eigenvalue weighted by Crippen LogP contribution is -2.25. The van der Waals surface area contributed by atoms with E-state index in [2.05, 4.69) is 15.3 Å². The molecule has 0 fully saturated rings. The van der Waals surface area contributed by atoms with Crippen molar-refractivity contribution in [2.45, 2.75) is 13.5 Å². The van der Waals surface area contributed by atoms with E-state index in [9.17, 15) is 9.59 Å². The Morgan fingerprint density at radius 1 is 1.50 bits per heavy atom. The van der Waals surface area contributed by atoms with Crippen molar-refractivity contribution in [3.8, 4) is 11.5 Å². The van der Waals surface area contributed by atoms with Crippen LogP contribution in [0.1, 0.15) is 17.4 Å². The van der Waals surface area contributed by atoms with Crippen LogP contribution in [0.25, 0.3) is 11.5 Å². The Morgan fingerprint density at radius 3 is 2.70 bits per heavy atom. The van der Waals surface area contributed by atoms with E-state index >= 15 is 0 Å². The molecule has 106 valence electrons. The molecular weight excluding hydrogens is 264 g/mol. The van der Waals surface area contributed by atoms with Crippen LogP contribution in [0.2, 0.25) is 0 Å². The molecule has 0 saturated carbocycles. The van der Waals surface area contributed by atoms with Crippen LogP contribution in [-0.2, 0) is 18.4 Å². The van der Waals surface area contributed by atoms with Gasteiger partial charge in [-0.05, 0) is 0 Å². The van der Waals surface area contributed by atoms with Crippen molar-refractivity contribution in [2.24, 2.45) is 18.7 Å².